The van der Waals surface area contributed by atoms with Crippen molar-refractivity contribution in [3.05, 3.63) is 0 Å². The maximum absolute atomic E-state index is 10.8. The molecule has 25 heavy (non-hydrogen) atoms. The number of carboxylic acid groups (broad SMARTS) is 2. The van der Waals surface area contributed by atoms with Gasteiger partial charge in [0.1, 0.15) is 6.10 Å². The Labute approximate surface area is 148 Å². The molecule has 2 aliphatic carbocycles. The minimum Gasteiger partial charge on any atom is -0.481 e. The van der Waals surface area contributed by atoms with Crippen molar-refractivity contribution in [3.8, 4) is 0 Å². The van der Waals surface area contributed by atoms with E-state index in [0.717, 1.165) is 12.8 Å². The van der Waals surface area contributed by atoms with E-state index in [4.69, 9.17) is 14.9 Å². The van der Waals surface area contributed by atoms with Crippen LogP contribution in [0.2, 0.25) is 0 Å². The molecule has 2 saturated carbocycles. The van der Waals surface area contributed by atoms with Crippen molar-refractivity contribution >= 4 is 17.9 Å². The van der Waals surface area contributed by atoms with Gasteiger partial charge >= 0.3 is 17.9 Å². The Morgan fingerprint density at radius 3 is 1.76 bits per heavy atom. The largest absolute Gasteiger partial charge is 0.481 e. The molecular weight excluding hydrogens is 328 g/mol. The predicted molar refractivity (Wildman–Crippen MR) is 89.8 cm³/mol. The number of hydrogen-bond donors (Lipinski definition) is 3. The quantitative estimate of drug-likeness (QED) is 0.662. The molecule has 0 aromatic carbocycles. The highest BCUT2D eigenvalue weighted by atomic mass is 16.5. The summed E-state index contributed by atoms with van der Waals surface area (Å²) in [6.45, 7) is 5.31. The molecule has 0 aromatic heterocycles. The fourth-order valence-corrected chi connectivity index (χ4v) is 3.40. The molecule has 0 amide bonds. The number of aliphatic hydroxyl groups excluding tert-OH is 1. The summed E-state index contributed by atoms with van der Waals surface area (Å²) in [5.74, 6) is -2.00. The van der Waals surface area contributed by atoms with E-state index >= 15 is 0 Å². The minimum atomic E-state index is -0.783. The van der Waals surface area contributed by atoms with Crippen LogP contribution >= 0.6 is 0 Å². The molecular formula is C18H30O7. The molecule has 2 aliphatic rings. The topological polar surface area (TPSA) is 121 Å². The Morgan fingerprint density at radius 1 is 0.840 bits per heavy atom. The van der Waals surface area contributed by atoms with Gasteiger partial charge in [-0.2, -0.15) is 0 Å². The smallest absolute Gasteiger partial charge is 0.306 e. The first kappa shape index (κ1) is 21.4. The van der Waals surface area contributed by atoms with Gasteiger partial charge in [0.05, 0.1) is 17.9 Å². The second kappa shape index (κ2) is 9.75. The van der Waals surface area contributed by atoms with E-state index in [1.165, 1.54) is 6.92 Å². The van der Waals surface area contributed by atoms with Crippen LogP contribution in [0.3, 0.4) is 0 Å². The first-order valence-electron chi connectivity index (χ1n) is 8.92. The van der Waals surface area contributed by atoms with E-state index in [-0.39, 0.29) is 35.7 Å². The molecule has 0 saturated heterocycles. The van der Waals surface area contributed by atoms with Crippen LogP contribution in [0.4, 0.5) is 0 Å². The number of rotatable bonds is 3. The predicted octanol–water partition coefficient (Wildman–Crippen LogP) is 2.31. The van der Waals surface area contributed by atoms with Crippen LogP contribution in [0.5, 0.6) is 0 Å². The average Bonchev–Trinajstić information content (AvgIpc) is 2.52. The Balaban J connectivity index is 0.000000257. The molecule has 3 N–H and O–H groups in total. The number of aliphatic hydroxyl groups is 1. The van der Waals surface area contributed by atoms with Gasteiger partial charge in [0.25, 0.3) is 0 Å². The van der Waals surface area contributed by atoms with E-state index in [0.29, 0.717) is 25.7 Å². The van der Waals surface area contributed by atoms with Crippen molar-refractivity contribution in [1.29, 1.82) is 0 Å². The van der Waals surface area contributed by atoms with Crippen LogP contribution in [0, 0.1) is 23.7 Å². The lowest BCUT2D eigenvalue weighted by atomic mass is 9.81. The van der Waals surface area contributed by atoms with Gasteiger partial charge in [-0.15, -0.1) is 0 Å². The maximum atomic E-state index is 10.8. The zero-order valence-electron chi connectivity index (χ0n) is 15.2. The summed E-state index contributed by atoms with van der Waals surface area (Å²) in [5.41, 5.74) is 0. The van der Waals surface area contributed by atoms with Gasteiger partial charge in [0, 0.05) is 6.92 Å². The van der Waals surface area contributed by atoms with Crippen LogP contribution in [-0.2, 0) is 19.1 Å². The number of esters is 1. The molecule has 0 bridgehead atoms. The monoisotopic (exact) mass is 358 g/mol. The molecule has 7 nitrogen and oxygen atoms in total. The fraction of sp³-hybridized carbons (Fsp3) is 0.833. The highest BCUT2D eigenvalue weighted by Gasteiger charge is 2.33. The molecule has 2 fully saturated rings. The van der Waals surface area contributed by atoms with E-state index in [9.17, 15) is 19.5 Å². The highest BCUT2D eigenvalue weighted by Crippen LogP contribution is 2.31. The molecule has 0 radical (unpaired) electrons. The number of hydrogen-bond acceptors (Lipinski definition) is 5. The SMILES string of the molecule is CC(=O)O[C@@H]1C[C@H](C(=O)O)CC[C@H]1C.C[C@@H]1CC[C@@H](C(=O)O)C[C@H]1O. The third kappa shape index (κ3) is 7.02. The first-order chi connectivity index (χ1) is 11.6. The van der Waals surface area contributed by atoms with Gasteiger partial charge in [-0.3, -0.25) is 14.4 Å². The minimum absolute atomic E-state index is 0.220. The summed E-state index contributed by atoms with van der Waals surface area (Å²) in [5, 5.41) is 26.8. The Hall–Kier alpha value is -1.63. The van der Waals surface area contributed by atoms with Crippen molar-refractivity contribution in [1.82, 2.24) is 0 Å². The van der Waals surface area contributed by atoms with Crippen LogP contribution in [0.15, 0.2) is 0 Å². The molecule has 6 atom stereocenters. The zero-order valence-corrected chi connectivity index (χ0v) is 15.2. The zero-order chi connectivity index (χ0) is 19.1. The number of carboxylic acids is 2. The number of carbonyl (C=O) groups is 3. The van der Waals surface area contributed by atoms with Gasteiger partial charge in [-0.05, 0) is 50.4 Å². The number of carbonyl (C=O) groups excluding carboxylic acids is 1. The lowest BCUT2D eigenvalue weighted by Gasteiger charge is -2.31. The summed E-state index contributed by atoms with van der Waals surface area (Å²) < 4.78 is 5.08. The molecule has 0 aromatic rings. The van der Waals surface area contributed by atoms with Crippen molar-refractivity contribution in [2.24, 2.45) is 23.7 Å². The van der Waals surface area contributed by atoms with E-state index in [1.54, 1.807) is 0 Å². The van der Waals surface area contributed by atoms with Crippen LogP contribution in [0.1, 0.15) is 59.3 Å². The van der Waals surface area contributed by atoms with Crippen LogP contribution in [-0.4, -0.2) is 45.4 Å². The third-order valence-electron chi connectivity index (χ3n) is 5.29. The summed E-state index contributed by atoms with van der Waals surface area (Å²) in [6.07, 6.45) is 3.30. The van der Waals surface area contributed by atoms with Gasteiger partial charge in [-0.25, -0.2) is 0 Å². The molecule has 0 aliphatic heterocycles. The van der Waals surface area contributed by atoms with Gasteiger partial charge in [0.15, 0.2) is 0 Å². The summed E-state index contributed by atoms with van der Waals surface area (Å²) in [4.78, 5) is 32.0. The fourth-order valence-electron chi connectivity index (χ4n) is 3.40. The lowest BCUT2D eigenvalue weighted by Crippen LogP contribution is -2.34. The van der Waals surface area contributed by atoms with Gasteiger partial charge < -0.3 is 20.1 Å². The standard InChI is InChI=1S/C10H16O4.C8H14O3/c1-6-3-4-8(10(12)13)5-9(6)14-7(2)11;1-5-2-3-6(8(10)11)4-7(5)9/h6,8-9H,3-5H2,1-2H3,(H,12,13);5-7,9H,2-4H2,1H3,(H,10,11)/t6-,8-,9-;5-,6-,7-/m11/s1. The molecule has 0 unspecified atom stereocenters. The molecule has 7 heteroatoms. The average molecular weight is 358 g/mol. The molecule has 0 heterocycles. The maximum Gasteiger partial charge on any atom is 0.306 e. The Kier molecular flexibility index (Phi) is 8.35. The Bertz CT molecular complexity index is 476. The van der Waals surface area contributed by atoms with Crippen molar-refractivity contribution < 1.29 is 34.4 Å². The summed E-state index contributed by atoms with van der Waals surface area (Å²) in [6, 6.07) is 0. The van der Waals surface area contributed by atoms with Crippen molar-refractivity contribution in [2.75, 3.05) is 0 Å². The first-order valence-corrected chi connectivity index (χ1v) is 8.92. The highest BCUT2D eigenvalue weighted by molar-refractivity contribution is 5.70. The normalized spacial score (nSPS) is 35.0. The molecule has 2 rings (SSSR count). The van der Waals surface area contributed by atoms with Crippen LogP contribution < -0.4 is 0 Å². The summed E-state index contributed by atoms with van der Waals surface area (Å²) in [7, 11) is 0. The molecule has 0 spiro atoms. The third-order valence-corrected chi connectivity index (χ3v) is 5.29. The molecule has 144 valence electrons. The van der Waals surface area contributed by atoms with Gasteiger partial charge in [-0.1, -0.05) is 13.8 Å². The Morgan fingerprint density at radius 2 is 1.32 bits per heavy atom. The summed E-state index contributed by atoms with van der Waals surface area (Å²) >= 11 is 0. The van der Waals surface area contributed by atoms with Crippen LogP contribution in [0.25, 0.3) is 0 Å². The lowest BCUT2D eigenvalue weighted by molar-refractivity contribution is -0.157. The number of ether oxygens (including phenoxy) is 1. The second-order valence-corrected chi connectivity index (χ2v) is 7.37. The van der Waals surface area contributed by atoms with Gasteiger partial charge in [0.2, 0.25) is 0 Å². The van der Waals surface area contributed by atoms with Crippen molar-refractivity contribution in [2.45, 2.75) is 71.5 Å². The van der Waals surface area contributed by atoms with E-state index < -0.39 is 18.0 Å². The van der Waals surface area contributed by atoms with Crippen molar-refractivity contribution in [3.63, 3.8) is 0 Å². The van der Waals surface area contributed by atoms with E-state index in [2.05, 4.69) is 0 Å². The van der Waals surface area contributed by atoms with E-state index in [1.807, 2.05) is 13.8 Å². The number of aliphatic carboxylic acids is 2. The second-order valence-electron chi connectivity index (χ2n) is 7.37.